The number of sulfonamides is 1. The van der Waals surface area contributed by atoms with E-state index in [1.807, 2.05) is 4.68 Å². The minimum atomic E-state index is -4.38. The van der Waals surface area contributed by atoms with Gasteiger partial charge in [0.2, 0.25) is 5.95 Å². The third-order valence-electron chi connectivity index (χ3n) is 8.25. The van der Waals surface area contributed by atoms with Gasteiger partial charge >= 0.3 is 6.18 Å². The number of hydrogen-bond donors (Lipinski definition) is 3. The van der Waals surface area contributed by atoms with E-state index in [1.165, 1.54) is 43.4 Å². The molecule has 2 heterocycles. The molecule has 0 atom stereocenters. The molecule has 11 nitrogen and oxygen atoms in total. The van der Waals surface area contributed by atoms with Crippen molar-refractivity contribution in [3.63, 3.8) is 0 Å². The second kappa shape index (κ2) is 14.3. The van der Waals surface area contributed by atoms with Gasteiger partial charge in [-0.1, -0.05) is 25.5 Å². The third-order valence-corrected chi connectivity index (χ3v) is 10.0. The van der Waals surface area contributed by atoms with Crippen LogP contribution in [-0.4, -0.2) is 71.6 Å². The van der Waals surface area contributed by atoms with Gasteiger partial charge in [-0.3, -0.25) is 9.10 Å². The molecule has 0 aliphatic heterocycles. The molecular formula is C32H38F3N7O4S. The first-order valence-corrected chi connectivity index (χ1v) is 17.0. The molecule has 252 valence electrons. The van der Waals surface area contributed by atoms with E-state index in [1.54, 1.807) is 18.3 Å². The Balaban J connectivity index is 1.36. The van der Waals surface area contributed by atoms with E-state index in [0.29, 0.717) is 35.7 Å². The minimum absolute atomic E-state index is 0.0291. The highest BCUT2D eigenvalue weighted by Gasteiger charge is 2.28. The summed E-state index contributed by atoms with van der Waals surface area (Å²) in [6, 6.07) is 11.9. The smallest absolute Gasteiger partial charge is 0.390 e. The van der Waals surface area contributed by atoms with Crippen LogP contribution < -0.4 is 14.9 Å². The lowest BCUT2D eigenvalue weighted by Crippen LogP contribution is -2.28. The Kier molecular flexibility index (Phi) is 10.3. The zero-order chi connectivity index (χ0) is 33.8. The molecule has 0 bridgehead atoms. The molecule has 1 fully saturated rings. The number of hydrogen-bond acceptors (Lipinski definition) is 8. The zero-order valence-electron chi connectivity index (χ0n) is 26.2. The fraction of sp³-hybridized carbons (Fsp3) is 0.438. The molecule has 3 N–H and O–H groups in total. The number of alkyl halides is 3. The Bertz CT molecular complexity index is 1790. The number of aliphatic hydroxyl groups is 1. The number of carbonyl (C=O) groups is 1. The largest absolute Gasteiger partial charge is 0.393 e. The van der Waals surface area contributed by atoms with Crippen LogP contribution in [0.1, 0.15) is 68.3 Å². The van der Waals surface area contributed by atoms with Gasteiger partial charge in [-0.15, -0.1) is 0 Å². The highest BCUT2D eigenvalue weighted by atomic mass is 32.2. The first-order chi connectivity index (χ1) is 22.4. The number of fused-ring (bicyclic) bond motifs is 1. The van der Waals surface area contributed by atoms with E-state index in [9.17, 15) is 31.5 Å². The summed E-state index contributed by atoms with van der Waals surface area (Å²) in [5, 5.41) is 21.2. The molecule has 1 saturated carbocycles. The summed E-state index contributed by atoms with van der Waals surface area (Å²) >= 11 is 0. The van der Waals surface area contributed by atoms with Gasteiger partial charge in [-0.2, -0.15) is 23.3 Å². The van der Waals surface area contributed by atoms with E-state index in [2.05, 4.69) is 22.5 Å². The third kappa shape index (κ3) is 8.01. The molecule has 0 unspecified atom stereocenters. The molecular weight excluding hydrogens is 635 g/mol. The summed E-state index contributed by atoms with van der Waals surface area (Å²) < 4.78 is 67.1. The van der Waals surface area contributed by atoms with Crippen molar-refractivity contribution in [1.82, 2.24) is 25.1 Å². The number of aliphatic hydroxyl groups excluding tert-OH is 1. The number of aromatic nitrogens is 4. The maximum absolute atomic E-state index is 13.5. The van der Waals surface area contributed by atoms with Crippen molar-refractivity contribution in [2.75, 3.05) is 29.8 Å². The molecule has 5 rings (SSSR count). The number of unbranched alkanes of at least 4 members (excludes halogenated alkanes) is 1. The summed E-state index contributed by atoms with van der Waals surface area (Å²) in [6.07, 6.45) is 0.746. The van der Waals surface area contributed by atoms with E-state index in [4.69, 9.17) is 10.1 Å². The lowest BCUT2D eigenvalue weighted by molar-refractivity contribution is -0.133. The number of amides is 1. The molecule has 4 aromatic rings. The highest BCUT2D eigenvalue weighted by Crippen LogP contribution is 2.35. The Morgan fingerprint density at radius 3 is 2.36 bits per heavy atom. The second-order valence-electron chi connectivity index (χ2n) is 11.6. The first kappa shape index (κ1) is 34.1. The highest BCUT2D eigenvalue weighted by molar-refractivity contribution is 7.92. The molecule has 15 heteroatoms. The molecule has 0 radical (unpaired) electrons. The number of benzene rings is 2. The number of carbonyl (C=O) groups excluding carboxylic acids is 1. The Morgan fingerprint density at radius 1 is 1.04 bits per heavy atom. The van der Waals surface area contributed by atoms with Crippen molar-refractivity contribution in [3.05, 3.63) is 60.3 Å². The second-order valence-corrected chi connectivity index (χ2v) is 13.6. The van der Waals surface area contributed by atoms with Crippen molar-refractivity contribution < 1.29 is 31.5 Å². The number of rotatable bonds is 12. The van der Waals surface area contributed by atoms with Gasteiger partial charge in [0.05, 0.1) is 34.5 Å². The number of halogens is 3. The van der Waals surface area contributed by atoms with Gasteiger partial charge in [-0.25, -0.2) is 18.1 Å². The summed E-state index contributed by atoms with van der Waals surface area (Å²) in [5.74, 6) is -0.179. The predicted molar refractivity (Wildman–Crippen MR) is 173 cm³/mol. The van der Waals surface area contributed by atoms with Crippen LogP contribution in [0.2, 0.25) is 0 Å². The quantitative estimate of drug-likeness (QED) is 0.163. The number of anilines is 2. The lowest BCUT2D eigenvalue weighted by Gasteiger charge is -2.25. The fourth-order valence-corrected chi connectivity index (χ4v) is 6.68. The number of nitrogens with one attached hydrogen (secondary N) is 2. The maximum atomic E-state index is 13.5. The lowest BCUT2D eigenvalue weighted by atomic mass is 9.93. The van der Waals surface area contributed by atoms with Gasteiger partial charge in [0.25, 0.3) is 15.9 Å². The maximum Gasteiger partial charge on any atom is 0.390 e. The molecule has 47 heavy (non-hydrogen) atoms. The van der Waals surface area contributed by atoms with Gasteiger partial charge < -0.3 is 15.7 Å². The van der Waals surface area contributed by atoms with Crippen molar-refractivity contribution in [3.8, 4) is 11.3 Å². The van der Waals surface area contributed by atoms with Crippen molar-refractivity contribution in [2.45, 2.75) is 75.1 Å². The van der Waals surface area contributed by atoms with Crippen molar-refractivity contribution in [1.29, 1.82) is 0 Å². The average Bonchev–Trinajstić information content (AvgIpc) is 3.43. The van der Waals surface area contributed by atoms with E-state index >= 15 is 0 Å². The van der Waals surface area contributed by atoms with Gasteiger partial charge in [0.1, 0.15) is 5.69 Å². The van der Waals surface area contributed by atoms with Gasteiger partial charge in [-0.05, 0) is 68.5 Å². The van der Waals surface area contributed by atoms with Gasteiger partial charge in [0.15, 0.2) is 5.65 Å². The van der Waals surface area contributed by atoms with Crippen LogP contribution in [-0.2, 0) is 10.0 Å². The standard InChI is InChI=1S/C32H38F3N7O4S/c1-3-4-18-37-31-38-20-27-28(40-42(29(27)39-31)24-11-13-25(43)14-12-24)21-7-15-26(16-8-21)47(45,46)41(2)23-9-5-22(6-10-23)30(44)36-19-17-32(33,34)35/h5-10,15-16,20,24-25,43H,3-4,11-14,17-19H2,1-2H3,(H,36,44)(H,37,38,39)/t24-,25+. The van der Waals surface area contributed by atoms with E-state index < -0.39 is 35.1 Å². The fourth-order valence-electron chi connectivity index (χ4n) is 5.48. The summed E-state index contributed by atoms with van der Waals surface area (Å²) in [7, 11) is -2.63. The molecule has 2 aromatic carbocycles. The number of nitrogens with zero attached hydrogens (tertiary/aromatic N) is 5. The molecule has 0 spiro atoms. The summed E-state index contributed by atoms with van der Waals surface area (Å²) in [4.78, 5) is 21.5. The molecule has 2 aromatic heterocycles. The van der Waals surface area contributed by atoms with Crippen LogP contribution in [0.5, 0.6) is 0 Å². The molecule has 0 saturated heterocycles. The normalized spacial score (nSPS) is 17.1. The summed E-state index contributed by atoms with van der Waals surface area (Å²) in [5.41, 5.74) is 2.35. The average molecular weight is 674 g/mol. The van der Waals surface area contributed by atoms with E-state index in [-0.39, 0.29) is 28.3 Å². The van der Waals surface area contributed by atoms with Crippen LogP contribution in [0.4, 0.5) is 24.8 Å². The van der Waals surface area contributed by atoms with Crippen LogP contribution in [0.3, 0.4) is 0 Å². The molecule has 1 aliphatic rings. The zero-order valence-corrected chi connectivity index (χ0v) is 27.0. The minimum Gasteiger partial charge on any atom is -0.393 e. The molecule has 1 amide bonds. The SMILES string of the molecule is CCCCNc1ncc2c(-c3ccc(S(=O)(=O)N(C)c4ccc(C(=O)NCCC(F)(F)F)cc4)cc3)nn([C@H]3CC[C@@H](O)CC3)c2n1. The Labute approximate surface area is 271 Å². The van der Waals surface area contributed by atoms with Gasteiger partial charge in [0, 0.05) is 37.5 Å². The van der Waals surface area contributed by atoms with E-state index in [0.717, 1.165) is 41.9 Å². The van der Waals surface area contributed by atoms with Crippen molar-refractivity contribution >= 4 is 38.6 Å². The van der Waals surface area contributed by atoms with Crippen LogP contribution in [0.15, 0.2) is 59.6 Å². The monoisotopic (exact) mass is 673 g/mol. The van der Waals surface area contributed by atoms with Crippen molar-refractivity contribution in [2.24, 2.45) is 0 Å². The summed E-state index contributed by atoms with van der Waals surface area (Å²) in [6.45, 7) is 2.29. The van der Waals surface area contributed by atoms with Crippen LogP contribution >= 0.6 is 0 Å². The molecule has 1 aliphatic carbocycles. The first-order valence-electron chi connectivity index (χ1n) is 15.6. The Morgan fingerprint density at radius 2 is 1.72 bits per heavy atom. The Hall–Kier alpha value is -4.24. The predicted octanol–water partition coefficient (Wildman–Crippen LogP) is 5.69. The van der Waals surface area contributed by atoms with Crippen LogP contribution in [0.25, 0.3) is 22.3 Å². The topological polar surface area (TPSA) is 142 Å². The van der Waals surface area contributed by atoms with Crippen LogP contribution in [0, 0.1) is 0 Å².